The molecule has 0 aliphatic heterocycles. The van der Waals surface area contributed by atoms with Crippen molar-refractivity contribution in [2.45, 2.75) is 32.7 Å². The van der Waals surface area contributed by atoms with Gasteiger partial charge in [0, 0.05) is 17.6 Å². The van der Waals surface area contributed by atoms with Crippen LogP contribution in [0.2, 0.25) is 0 Å². The largest absolute Gasteiger partial charge is 0.305 e. The van der Waals surface area contributed by atoms with Gasteiger partial charge in [0.15, 0.2) is 0 Å². The first kappa shape index (κ1) is 13.3. The molecule has 1 N–H and O–H groups in total. The fraction of sp³-hybridized carbons (Fsp3) is 0.429. The third-order valence-corrected chi connectivity index (χ3v) is 2.87. The van der Waals surface area contributed by atoms with Gasteiger partial charge in [-0.2, -0.15) is 0 Å². The second-order valence-electron chi connectivity index (χ2n) is 3.95. The lowest BCUT2D eigenvalue weighted by Gasteiger charge is -2.17. The highest BCUT2D eigenvalue weighted by molar-refractivity contribution is 6.29. The highest BCUT2D eigenvalue weighted by Crippen LogP contribution is 2.17. The van der Waals surface area contributed by atoms with Crippen molar-refractivity contribution in [1.82, 2.24) is 5.32 Å². The molecule has 0 heterocycles. The topological polar surface area (TPSA) is 12.0 Å². The van der Waals surface area contributed by atoms with Crippen LogP contribution in [0, 0.1) is 0 Å². The highest BCUT2D eigenvalue weighted by atomic mass is 35.5. The average molecular weight is 238 g/mol. The molecule has 16 heavy (non-hydrogen) atoms. The number of halogens is 1. The number of hydrogen-bond donors (Lipinski definition) is 1. The van der Waals surface area contributed by atoms with Crippen molar-refractivity contribution >= 4 is 11.6 Å². The second-order valence-corrected chi connectivity index (χ2v) is 4.49. The van der Waals surface area contributed by atoms with Gasteiger partial charge in [-0.1, -0.05) is 56.3 Å². The zero-order valence-electron chi connectivity index (χ0n) is 10.1. The minimum absolute atomic E-state index is 0.362. The lowest BCUT2D eigenvalue weighted by Crippen LogP contribution is -2.21. The summed E-state index contributed by atoms with van der Waals surface area (Å²) >= 11 is 5.76. The van der Waals surface area contributed by atoms with Crippen LogP contribution >= 0.6 is 11.6 Å². The average Bonchev–Trinajstić information content (AvgIpc) is 2.30. The van der Waals surface area contributed by atoms with E-state index in [9.17, 15) is 0 Å². The maximum absolute atomic E-state index is 5.76. The van der Waals surface area contributed by atoms with Gasteiger partial charge in [0.05, 0.1) is 0 Å². The van der Waals surface area contributed by atoms with Crippen LogP contribution in [0.4, 0.5) is 0 Å². The first-order valence-electron chi connectivity index (χ1n) is 5.82. The lowest BCUT2D eigenvalue weighted by atomic mass is 10.0. The Balaban J connectivity index is 2.66. The molecule has 0 bridgehead atoms. The van der Waals surface area contributed by atoms with Crippen LogP contribution in [0.1, 0.15) is 37.4 Å². The summed E-state index contributed by atoms with van der Waals surface area (Å²) in [5, 5.41) is 4.05. The lowest BCUT2D eigenvalue weighted by molar-refractivity contribution is 0.549. The Labute approximate surface area is 104 Å². The number of benzene rings is 1. The number of nitrogens with one attached hydrogen (secondary N) is 1. The Morgan fingerprint density at radius 3 is 2.38 bits per heavy atom. The minimum Gasteiger partial charge on any atom is -0.305 e. The van der Waals surface area contributed by atoms with Crippen LogP contribution in [0.5, 0.6) is 0 Å². The van der Waals surface area contributed by atoms with Crippen molar-refractivity contribution in [3.05, 3.63) is 47.0 Å². The summed E-state index contributed by atoms with van der Waals surface area (Å²) in [5.41, 5.74) is 2.69. The Hall–Kier alpha value is -0.790. The maximum atomic E-state index is 5.76. The molecule has 2 heteroatoms. The fourth-order valence-corrected chi connectivity index (χ4v) is 1.79. The molecule has 1 aromatic carbocycles. The van der Waals surface area contributed by atoms with Crippen LogP contribution in [-0.4, -0.2) is 6.54 Å². The summed E-state index contributed by atoms with van der Waals surface area (Å²) in [6.45, 7) is 8.69. The smallest absolute Gasteiger partial charge is 0.0320 e. The molecule has 1 aromatic rings. The van der Waals surface area contributed by atoms with E-state index >= 15 is 0 Å². The molecule has 1 atom stereocenters. The van der Waals surface area contributed by atoms with Crippen molar-refractivity contribution in [2.24, 2.45) is 0 Å². The normalized spacial score (nSPS) is 12.4. The molecule has 88 valence electrons. The molecular weight excluding hydrogens is 218 g/mol. The van der Waals surface area contributed by atoms with Gasteiger partial charge < -0.3 is 5.32 Å². The monoisotopic (exact) mass is 237 g/mol. The van der Waals surface area contributed by atoms with Gasteiger partial charge in [-0.3, -0.25) is 0 Å². The van der Waals surface area contributed by atoms with Crippen LogP contribution < -0.4 is 5.32 Å². The van der Waals surface area contributed by atoms with E-state index in [2.05, 4.69) is 50.0 Å². The quantitative estimate of drug-likeness (QED) is 0.788. The van der Waals surface area contributed by atoms with Gasteiger partial charge in [0.25, 0.3) is 0 Å². The van der Waals surface area contributed by atoms with Gasteiger partial charge >= 0.3 is 0 Å². The number of hydrogen-bond acceptors (Lipinski definition) is 1. The summed E-state index contributed by atoms with van der Waals surface area (Å²) in [6.07, 6.45) is 2.14. The van der Waals surface area contributed by atoms with Gasteiger partial charge in [-0.25, -0.2) is 0 Å². The Morgan fingerprint density at radius 1 is 1.31 bits per heavy atom. The standard InChI is InChI=1S/C14H20ClN/c1-4-12-6-8-13(9-7-12)14(5-2)16-10-11(3)15/h6-9,14,16H,3-5,10H2,1-2H3. The third kappa shape index (κ3) is 3.99. The van der Waals surface area contributed by atoms with Crippen molar-refractivity contribution in [1.29, 1.82) is 0 Å². The third-order valence-electron chi connectivity index (χ3n) is 2.74. The van der Waals surface area contributed by atoms with E-state index in [-0.39, 0.29) is 0 Å². The molecule has 1 unspecified atom stereocenters. The summed E-state index contributed by atoms with van der Waals surface area (Å²) in [7, 11) is 0. The first-order valence-corrected chi connectivity index (χ1v) is 6.20. The zero-order valence-corrected chi connectivity index (χ0v) is 10.8. The molecule has 0 radical (unpaired) electrons. The van der Waals surface area contributed by atoms with Crippen molar-refractivity contribution in [2.75, 3.05) is 6.54 Å². The number of rotatable bonds is 6. The van der Waals surface area contributed by atoms with E-state index in [4.69, 9.17) is 11.6 Å². The van der Waals surface area contributed by atoms with Gasteiger partial charge in [-0.05, 0) is 24.0 Å². The Kier molecular flexibility index (Phi) is 5.58. The van der Waals surface area contributed by atoms with Crippen LogP contribution in [0.3, 0.4) is 0 Å². The van der Waals surface area contributed by atoms with Crippen LogP contribution in [0.15, 0.2) is 35.9 Å². The van der Waals surface area contributed by atoms with E-state index in [1.54, 1.807) is 0 Å². The molecule has 0 saturated carbocycles. The van der Waals surface area contributed by atoms with E-state index < -0.39 is 0 Å². The minimum atomic E-state index is 0.362. The second kappa shape index (κ2) is 6.72. The number of aryl methyl sites for hydroxylation is 1. The van der Waals surface area contributed by atoms with E-state index in [0.29, 0.717) is 17.6 Å². The molecular formula is C14H20ClN. The van der Waals surface area contributed by atoms with Crippen LogP contribution in [-0.2, 0) is 6.42 Å². The Bertz CT molecular complexity index is 329. The molecule has 0 saturated heterocycles. The highest BCUT2D eigenvalue weighted by Gasteiger charge is 2.07. The molecule has 0 fully saturated rings. The Morgan fingerprint density at radius 2 is 1.94 bits per heavy atom. The molecule has 1 nitrogen and oxygen atoms in total. The van der Waals surface area contributed by atoms with Crippen molar-refractivity contribution in [3.63, 3.8) is 0 Å². The fourth-order valence-electron chi connectivity index (χ4n) is 1.72. The summed E-state index contributed by atoms with van der Waals surface area (Å²) < 4.78 is 0. The summed E-state index contributed by atoms with van der Waals surface area (Å²) in [6, 6.07) is 9.12. The van der Waals surface area contributed by atoms with Crippen molar-refractivity contribution in [3.8, 4) is 0 Å². The predicted octanol–water partition coefficient (Wildman–Crippen LogP) is 4.04. The van der Waals surface area contributed by atoms with Gasteiger partial charge in [0.2, 0.25) is 0 Å². The van der Waals surface area contributed by atoms with Gasteiger partial charge in [0.1, 0.15) is 0 Å². The zero-order chi connectivity index (χ0) is 12.0. The summed E-state index contributed by atoms with van der Waals surface area (Å²) in [4.78, 5) is 0. The predicted molar refractivity (Wildman–Crippen MR) is 71.8 cm³/mol. The first-order chi connectivity index (χ1) is 7.67. The van der Waals surface area contributed by atoms with E-state index in [1.807, 2.05) is 0 Å². The molecule has 0 aliphatic carbocycles. The van der Waals surface area contributed by atoms with Gasteiger partial charge in [-0.15, -0.1) is 0 Å². The molecule has 0 amide bonds. The maximum Gasteiger partial charge on any atom is 0.0320 e. The molecule has 0 spiro atoms. The van der Waals surface area contributed by atoms with Crippen molar-refractivity contribution < 1.29 is 0 Å². The molecule has 0 aromatic heterocycles. The van der Waals surface area contributed by atoms with Crippen LogP contribution in [0.25, 0.3) is 0 Å². The summed E-state index contributed by atoms with van der Waals surface area (Å²) in [5.74, 6) is 0. The van der Waals surface area contributed by atoms with E-state index in [1.165, 1.54) is 11.1 Å². The van der Waals surface area contributed by atoms with E-state index in [0.717, 1.165) is 12.8 Å². The molecule has 1 rings (SSSR count). The SMILES string of the molecule is C=C(Cl)CNC(CC)c1ccc(CC)cc1. The molecule has 0 aliphatic rings.